The third kappa shape index (κ3) is 4.18. The summed E-state index contributed by atoms with van der Waals surface area (Å²) in [6, 6.07) is 13.5. The van der Waals surface area contributed by atoms with Gasteiger partial charge in [-0.25, -0.2) is 4.98 Å². The van der Waals surface area contributed by atoms with Crippen molar-refractivity contribution < 1.29 is 9.59 Å². The van der Waals surface area contributed by atoms with Crippen LogP contribution in [0.2, 0.25) is 0 Å². The fraction of sp³-hybridized carbons (Fsp3) is 0.318. The van der Waals surface area contributed by atoms with Gasteiger partial charge >= 0.3 is 0 Å². The molecule has 1 aromatic carbocycles. The number of pyridine rings is 1. The molecule has 9 heteroatoms. The third-order valence-electron chi connectivity index (χ3n) is 5.32. The lowest BCUT2D eigenvalue weighted by Crippen LogP contribution is -2.48. The first-order valence-electron chi connectivity index (χ1n) is 9.94. The predicted molar refractivity (Wildman–Crippen MR) is 115 cm³/mol. The third-order valence-corrected chi connectivity index (χ3v) is 6.58. The summed E-state index contributed by atoms with van der Waals surface area (Å²) in [6.07, 6.45) is 1.77. The normalized spacial score (nSPS) is 16.7. The van der Waals surface area contributed by atoms with Gasteiger partial charge in [0, 0.05) is 13.1 Å². The zero-order valence-electron chi connectivity index (χ0n) is 16.7. The van der Waals surface area contributed by atoms with Gasteiger partial charge in [-0.3, -0.25) is 9.59 Å². The summed E-state index contributed by atoms with van der Waals surface area (Å²) in [5, 5.41) is 22.3. The number of benzene rings is 1. The van der Waals surface area contributed by atoms with E-state index in [2.05, 4.69) is 22.4 Å². The van der Waals surface area contributed by atoms with Crippen molar-refractivity contribution in [3.05, 3.63) is 52.6 Å². The van der Waals surface area contributed by atoms with Crippen LogP contribution in [0, 0.1) is 22.7 Å². The van der Waals surface area contributed by atoms with Crippen LogP contribution in [-0.4, -0.2) is 36.4 Å². The van der Waals surface area contributed by atoms with E-state index >= 15 is 0 Å². The van der Waals surface area contributed by atoms with Crippen molar-refractivity contribution in [3.8, 4) is 12.1 Å². The Kier molecular flexibility index (Phi) is 5.79. The topological polar surface area (TPSA) is 136 Å². The van der Waals surface area contributed by atoms with Gasteiger partial charge in [0.25, 0.3) is 0 Å². The zero-order valence-corrected chi connectivity index (χ0v) is 17.5. The summed E-state index contributed by atoms with van der Waals surface area (Å²) in [5.74, 6) is -0.203. The molecule has 1 saturated carbocycles. The highest BCUT2D eigenvalue weighted by atomic mass is 32.2. The molecular formula is C22H20N6O2S. The van der Waals surface area contributed by atoms with E-state index < -0.39 is 11.2 Å². The maximum atomic E-state index is 12.3. The number of rotatable bonds is 6. The second kappa shape index (κ2) is 8.66. The number of amides is 2. The summed E-state index contributed by atoms with van der Waals surface area (Å²) >= 11 is 1.11. The van der Waals surface area contributed by atoms with Crippen molar-refractivity contribution in [2.45, 2.75) is 29.0 Å². The van der Waals surface area contributed by atoms with Gasteiger partial charge in [0.1, 0.15) is 28.2 Å². The van der Waals surface area contributed by atoms with Crippen molar-refractivity contribution in [2.24, 2.45) is 5.73 Å². The highest BCUT2D eigenvalue weighted by molar-refractivity contribution is 8.00. The molecule has 1 aromatic heterocycles. The number of nitrogens with one attached hydrogen (secondary N) is 1. The largest absolute Gasteiger partial charge is 0.368 e. The molecular weight excluding hydrogens is 412 g/mol. The van der Waals surface area contributed by atoms with Crippen LogP contribution in [0.5, 0.6) is 0 Å². The molecule has 2 aromatic rings. The number of thioether (sulfide) groups is 1. The number of nitrogens with zero attached hydrogens (tertiary/aromatic N) is 4. The second-order valence-corrected chi connectivity index (χ2v) is 8.58. The Morgan fingerprint density at radius 1 is 1.23 bits per heavy atom. The number of hydrogen-bond donors (Lipinski definition) is 2. The number of piperazine rings is 1. The van der Waals surface area contributed by atoms with E-state index in [1.165, 1.54) is 0 Å². The molecule has 1 saturated heterocycles. The second-order valence-electron chi connectivity index (χ2n) is 7.48. The number of nitriles is 2. The van der Waals surface area contributed by atoms with E-state index in [1.54, 1.807) is 17.0 Å². The molecule has 1 atom stereocenters. The number of nitrogens with two attached hydrogens (primary N) is 1. The molecule has 2 aliphatic rings. The van der Waals surface area contributed by atoms with Gasteiger partial charge in [-0.15, -0.1) is 0 Å². The molecule has 0 bridgehead atoms. The highest BCUT2D eigenvalue weighted by Gasteiger charge is 2.35. The monoisotopic (exact) mass is 432 g/mol. The SMILES string of the molecule is N#Cc1c(SC(C(N)=O)c2ccccc2)nc(N2CCNC(=O)C2)c(C#N)c1C1CC1. The van der Waals surface area contributed by atoms with E-state index in [0.29, 0.717) is 46.2 Å². The summed E-state index contributed by atoms with van der Waals surface area (Å²) in [4.78, 5) is 30.6. The molecule has 2 heterocycles. The van der Waals surface area contributed by atoms with E-state index in [9.17, 15) is 20.1 Å². The van der Waals surface area contributed by atoms with Gasteiger partial charge in [-0.05, 0) is 29.9 Å². The van der Waals surface area contributed by atoms with Gasteiger partial charge in [-0.2, -0.15) is 10.5 Å². The van der Waals surface area contributed by atoms with E-state index in [4.69, 9.17) is 5.73 Å². The smallest absolute Gasteiger partial charge is 0.239 e. The predicted octanol–water partition coefficient (Wildman–Crippen LogP) is 1.96. The fourth-order valence-corrected chi connectivity index (χ4v) is 4.78. The minimum Gasteiger partial charge on any atom is -0.368 e. The molecule has 1 aliphatic carbocycles. The van der Waals surface area contributed by atoms with Crippen LogP contribution >= 0.6 is 11.8 Å². The maximum Gasteiger partial charge on any atom is 0.239 e. The van der Waals surface area contributed by atoms with Crippen molar-refractivity contribution in [3.63, 3.8) is 0 Å². The first-order valence-corrected chi connectivity index (χ1v) is 10.8. The average molecular weight is 433 g/mol. The Hall–Kier alpha value is -3.56. The lowest BCUT2D eigenvalue weighted by atomic mass is 9.99. The van der Waals surface area contributed by atoms with Gasteiger partial charge < -0.3 is 16.0 Å². The number of carbonyl (C=O) groups excluding carboxylic acids is 2. The maximum absolute atomic E-state index is 12.3. The van der Waals surface area contributed by atoms with Crippen molar-refractivity contribution >= 4 is 29.4 Å². The summed E-state index contributed by atoms with van der Waals surface area (Å²) in [7, 11) is 0. The van der Waals surface area contributed by atoms with Crippen LogP contribution in [0.3, 0.4) is 0 Å². The number of carbonyl (C=O) groups is 2. The molecule has 4 rings (SSSR count). The van der Waals surface area contributed by atoms with Gasteiger partial charge in [0.05, 0.1) is 17.7 Å². The Labute approximate surface area is 184 Å². The minimum atomic E-state index is -0.738. The van der Waals surface area contributed by atoms with Crippen molar-refractivity contribution in [2.75, 3.05) is 24.5 Å². The van der Waals surface area contributed by atoms with Crippen molar-refractivity contribution in [1.82, 2.24) is 10.3 Å². The molecule has 2 amide bonds. The van der Waals surface area contributed by atoms with E-state index in [0.717, 1.165) is 24.6 Å². The molecule has 31 heavy (non-hydrogen) atoms. The molecule has 0 spiro atoms. The fourth-order valence-electron chi connectivity index (χ4n) is 3.73. The van der Waals surface area contributed by atoms with Crippen LogP contribution in [0.25, 0.3) is 0 Å². The molecule has 0 radical (unpaired) electrons. The summed E-state index contributed by atoms with van der Waals surface area (Å²) in [6.45, 7) is 1.03. The molecule has 156 valence electrons. The molecule has 3 N–H and O–H groups in total. The number of hydrogen-bond acceptors (Lipinski definition) is 7. The van der Waals surface area contributed by atoms with Gasteiger partial charge in [-0.1, -0.05) is 42.1 Å². The molecule has 2 fully saturated rings. The average Bonchev–Trinajstić information content (AvgIpc) is 3.62. The lowest BCUT2D eigenvalue weighted by Gasteiger charge is -2.29. The lowest BCUT2D eigenvalue weighted by molar-refractivity contribution is -0.120. The van der Waals surface area contributed by atoms with Crippen LogP contribution in [0.4, 0.5) is 5.82 Å². The van der Waals surface area contributed by atoms with E-state index in [-0.39, 0.29) is 18.4 Å². The van der Waals surface area contributed by atoms with Gasteiger partial charge in [0.15, 0.2) is 0 Å². The van der Waals surface area contributed by atoms with Crippen LogP contribution < -0.4 is 16.0 Å². The number of aromatic nitrogens is 1. The zero-order chi connectivity index (χ0) is 22.0. The van der Waals surface area contributed by atoms with Crippen LogP contribution in [-0.2, 0) is 9.59 Å². The Morgan fingerprint density at radius 2 is 1.94 bits per heavy atom. The molecule has 1 unspecified atom stereocenters. The first kappa shape index (κ1) is 20.7. The molecule has 1 aliphatic heterocycles. The van der Waals surface area contributed by atoms with Crippen molar-refractivity contribution in [1.29, 1.82) is 10.5 Å². The minimum absolute atomic E-state index is 0.0831. The number of anilines is 1. The summed E-state index contributed by atoms with van der Waals surface area (Å²) < 4.78 is 0. The standard InChI is InChI=1S/C22H20N6O2S/c23-10-15-18(13-6-7-13)16(11-24)22(27-21(15)28-9-8-26-17(29)12-28)31-19(20(25)30)14-4-2-1-3-5-14/h1-5,13,19H,6-9,12H2,(H2,25,30)(H,26,29). The van der Waals surface area contributed by atoms with Crippen LogP contribution in [0.15, 0.2) is 35.4 Å². The Bertz CT molecular complexity index is 1120. The van der Waals surface area contributed by atoms with E-state index in [1.807, 2.05) is 18.2 Å². The number of primary amides is 1. The first-order chi connectivity index (χ1) is 15.0. The van der Waals surface area contributed by atoms with Gasteiger partial charge in [0.2, 0.25) is 11.8 Å². The quantitative estimate of drug-likeness (QED) is 0.666. The van der Waals surface area contributed by atoms with Crippen LogP contribution in [0.1, 0.15) is 46.3 Å². The highest BCUT2D eigenvalue weighted by Crippen LogP contribution is 2.48. The summed E-state index contributed by atoms with van der Waals surface area (Å²) in [5.41, 5.74) is 7.72. The molecule has 8 nitrogen and oxygen atoms in total. The Morgan fingerprint density at radius 3 is 2.52 bits per heavy atom. The Balaban J connectivity index is 1.85.